The van der Waals surface area contributed by atoms with E-state index >= 15 is 0 Å². The average molecular weight is 226 g/mol. The molecule has 0 heterocycles. The highest BCUT2D eigenvalue weighted by molar-refractivity contribution is 5.74. The Hall–Kier alpha value is -1.70. The average Bonchev–Trinajstić information content (AvgIpc) is 2.25. The third-order valence-electron chi connectivity index (χ3n) is 2.20. The molecule has 0 aromatic heterocycles. The van der Waals surface area contributed by atoms with E-state index < -0.39 is 11.9 Å². The van der Waals surface area contributed by atoms with Gasteiger partial charge in [0.05, 0.1) is 12.0 Å². The molecule has 5 nitrogen and oxygen atoms in total. The largest absolute Gasteiger partial charge is 0.481 e. The number of hydrogen-bond donors (Lipinski definition) is 3. The van der Waals surface area contributed by atoms with E-state index in [9.17, 15) is 9.59 Å². The first kappa shape index (κ1) is 14.3. The van der Waals surface area contributed by atoms with Gasteiger partial charge < -0.3 is 15.7 Å². The van der Waals surface area contributed by atoms with Gasteiger partial charge in [0.2, 0.25) is 0 Å². The molecule has 0 rings (SSSR count). The van der Waals surface area contributed by atoms with Crippen molar-refractivity contribution in [1.29, 1.82) is 0 Å². The predicted molar refractivity (Wildman–Crippen MR) is 60.9 cm³/mol. The number of terminal acetylenes is 1. The summed E-state index contributed by atoms with van der Waals surface area (Å²) < 4.78 is 0. The van der Waals surface area contributed by atoms with Crippen LogP contribution in [0.1, 0.15) is 26.7 Å². The van der Waals surface area contributed by atoms with Crippen LogP contribution in [-0.2, 0) is 4.79 Å². The highest BCUT2D eigenvalue weighted by atomic mass is 16.4. The maximum absolute atomic E-state index is 11.3. The van der Waals surface area contributed by atoms with Gasteiger partial charge in [-0.25, -0.2) is 4.79 Å². The normalized spacial score (nSPS) is 13.3. The highest BCUT2D eigenvalue weighted by Crippen LogP contribution is 1.99. The zero-order valence-corrected chi connectivity index (χ0v) is 9.62. The second-order valence-electron chi connectivity index (χ2n) is 3.56. The van der Waals surface area contributed by atoms with Crippen molar-refractivity contribution in [2.24, 2.45) is 5.92 Å². The first-order valence-electron chi connectivity index (χ1n) is 5.24. The van der Waals surface area contributed by atoms with Crippen LogP contribution in [0.3, 0.4) is 0 Å². The number of aliphatic carboxylic acids is 1. The summed E-state index contributed by atoms with van der Waals surface area (Å²) in [5.41, 5.74) is 0. The maximum atomic E-state index is 11.3. The maximum Gasteiger partial charge on any atom is 0.315 e. The van der Waals surface area contributed by atoms with Crippen LogP contribution >= 0.6 is 0 Å². The number of rotatable bonds is 6. The van der Waals surface area contributed by atoms with Crippen LogP contribution in [0.15, 0.2) is 0 Å². The fourth-order valence-electron chi connectivity index (χ4n) is 0.997. The van der Waals surface area contributed by atoms with Crippen molar-refractivity contribution in [3.63, 3.8) is 0 Å². The second-order valence-corrected chi connectivity index (χ2v) is 3.56. The molecule has 0 spiro atoms. The Morgan fingerprint density at radius 2 is 2.12 bits per heavy atom. The third kappa shape index (κ3) is 5.91. The Labute approximate surface area is 95.6 Å². The summed E-state index contributed by atoms with van der Waals surface area (Å²) in [6.45, 7) is 3.79. The molecule has 16 heavy (non-hydrogen) atoms. The fraction of sp³-hybridized carbons (Fsp3) is 0.636. The van der Waals surface area contributed by atoms with Crippen molar-refractivity contribution < 1.29 is 14.7 Å². The van der Waals surface area contributed by atoms with E-state index in [1.807, 2.05) is 6.92 Å². The monoisotopic (exact) mass is 226 g/mol. The first-order chi connectivity index (χ1) is 7.51. The van der Waals surface area contributed by atoms with Crippen LogP contribution in [0.5, 0.6) is 0 Å². The van der Waals surface area contributed by atoms with E-state index in [-0.39, 0.29) is 12.1 Å². The molecule has 0 saturated heterocycles. The fourth-order valence-corrected chi connectivity index (χ4v) is 0.997. The summed E-state index contributed by atoms with van der Waals surface area (Å²) in [7, 11) is 0. The summed E-state index contributed by atoms with van der Waals surface area (Å²) in [5, 5.41) is 13.8. The van der Waals surface area contributed by atoms with E-state index in [0.29, 0.717) is 19.4 Å². The van der Waals surface area contributed by atoms with Gasteiger partial charge in [-0.1, -0.05) is 19.8 Å². The lowest BCUT2D eigenvalue weighted by atomic mass is 10.1. The number of carboxylic acid groups (broad SMARTS) is 1. The van der Waals surface area contributed by atoms with Crippen molar-refractivity contribution in [1.82, 2.24) is 10.6 Å². The number of urea groups is 1. The smallest absolute Gasteiger partial charge is 0.315 e. The number of carbonyl (C=O) groups excluding carboxylic acids is 1. The molecule has 0 radical (unpaired) electrons. The zero-order chi connectivity index (χ0) is 12.6. The summed E-state index contributed by atoms with van der Waals surface area (Å²) in [4.78, 5) is 21.7. The lowest BCUT2D eigenvalue weighted by molar-refractivity contribution is -0.141. The Bertz CT molecular complexity index is 283. The molecular weight excluding hydrogens is 208 g/mol. The summed E-state index contributed by atoms with van der Waals surface area (Å²) in [5.74, 6) is 1.11. The number of carbonyl (C=O) groups is 2. The lowest BCUT2D eigenvalue weighted by Gasteiger charge is -2.12. The molecule has 0 aromatic rings. The van der Waals surface area contributed by atoms with Crippen LogP contribution in [-0.4, -0.2) is 29.7 Å². The number of carboxylic acids is 1. The van der Waals surface area contributed by atoms with E-state index in [1.54, 1.807) is 6.92 Å². The van der Waals surface area contributed by atoms with Crippen LogP contribution < -0.4 is 10.6 Å². The van der Waals surface area contributed by atoms with Gasteiger partial charge in [0.15, 0.2) is 0 Å². The van der Waals surface area contributed by atoms with Crippen molar-refractivity contribution in [2.45, 2.75) is 32.7 Å². The number of nitrogens with one attached hydrogen (secondary N) is 2. The summed E-state index contributed by atoms with van der Waals surface area (Å²) in [6.07, 6.45) is 6.24. The van der Waals surface area contributed by atoms with Crippen molar-refractivity contribution in [2.75, 3.05) is 6.54 Å². The molecule has 0 fully saturated rings. The molecule has 0 aliphatic carbocycles. The number of amides is 2. The molecule has 90 valence electrons. The first-order valence-corrected chi connectivity index (χ1v) is 5.24. The summed E-state index contributed by atoms with van der Waals surface area (Å²) in [6, 6.07) is -0.640. The van der Waals surface area contributed by atoms with Crippen LogP contribution in [0.25, 0.3) is 0 Å². The van der Waals surface area contributed by atoms with Gasteiger partial charge in [-0.05, 0) is 12.8 Å². The minimum atomic E-state index is -0.864. The van der Waals surface area contributed by atoms with Crippen molar-refractivity contribution in [3.8, 4) is 12.3 Å². The molecule has 0 aliphatic heterocycles. The number of hydrogen-bond acceptors (Lipinski definition) is 2. The Balaban J connectivity index is 3.75. The Morgan fingerprint density at radius 3 is 2.56 bits per heavy atom. The second kappa shape index (κ2) is 7.57. The Morgan fingerprint density at radius 1 is 1.50 bits per heavy atom. The molecule has 2 unspecified atom stereocenters. The molecule has 0 aromatic carbocycles. The molecular formula is C11H18N2O3. The quantitative estimate of drug-likeness (QED) is 0.586. The van der Waals surface area contributed by atoms with Crippen molar-refractivity contribution >= 4 is 12.0 Å². The topological polar surface area (TPSA) is 78.4 Å². The van der Waals surface area contributed by atoms with E-state index in [0.717, 1.165) is 0 Å². The van der Waals surface area contributed by atoms with Gasteiger partial charge >= 0.3 is 12.0 Å². The molecule has 2 amide bonds. The minimum absolute atomic E-state index is 0.281. The van der Waals surface area contributed by atoms with E-state index in [4.69, 9.17) is 11.5 Å². The van der Waals surface area contributed by atoms with E-state index in [2.05, 4.69) is 16.6 Å². The molecule has 5 heteroatoms. The SMILES string of the molecule is C#CC(CC)NC(=O)NCCC(C)C(=O)O. The Kier molecular flexibility index (Phi) is 6.77. The standard InChI is InChI=1S/C11H18N2O3/c1-4-9(5-2)13-11(16)12-7-6-8(3)10(14)15/h1,8-9H,5-7H2,2-3H3,(H,14,15)(H2,12,13,16). The lowest BCUT2D eigenvalue weighted by Crippen LogP contribution is -2.41. The zero-order valence-electron chi connectivity index (χ0n) is 9.62. The van der Waals surface area contributed by atoms with Gasteiger partial charge in [0.25, 0.3) is 0 Å². The van der Waals surface area contributed by atoms with Gasteiger partial charge in [-0.15, -0.1) is 6.42 Å². The third-order valence-corrected chi connectivity index (χ3v) is 2.20. The predicted octanol–water partition coefficient (Wildman–Crippen LogP) is 0.808. The van der Waals surface area contributed by atoms with Gasteiger partial charge in [-0.2, -0.15) is 0 Å². The van der Waals surface area contributed by atoms with Gasteiger partial charge in [0, 0.05) is 6.54 Å². The van der Waals surface area contributed by atoms with Crippen LogP contribution in [0.2, 0.25) is 0 Å². The van der Waals surface area contributed by atoms with Crippen molar-refractivity contribution in [3.05, 3.63) is 0 Å². The minimum Gasteiger partial charge on any atom is -0.481 e. The van der Waals surface area contributed by atoms with Gasteiger partial charge in [-0.3, -0.25) is 4.79 Å². The van der Waals surface area contributed by atoms with Gasteiger partial charge in [0.1, 0.15) is 0 Å². The van der Waals surface area contributed by atoms with Crippen LogP contribution in [0.4, 0.5) is 4.79 Å². The molecule has 2 atom stereocenters. The summed E-state index contributed by atoms with van der Waals surface area (Å²) >= 11 is 0. The van der Waals surface area contributed by atoms with E-state index in [1.165, 1.54) is 0 Å². The molecule has 0 saturated carbocycles. The molecule has 0 bridgehead atoms. The highest BCUT2D eigenvalue weighted by Gasteiger charge is 2.11. The van der Waals surface area contributed by atoms with Crippen LogP contribution in [0, 0.1) is 18.3 Å². The molecule has 0 aliphatic rings. The molecule has 3 N–H and O–H groups in total.